The van der Waals surface area contributed by atoms with Crippen molar-refractivity contribution in [3.63, 3.8) is 0 Å². The monoisotopic (exact) mass is 317 g/mol. The Bertz CT molecular complexity index is 918. The summed E-state index contributed by atoms with van der Waals surface area (Å²) in [6.07, 6.45) is 1.58. The largest absolute Gasteiger partial charge is 0.488 e. The van der Waals surface area contributed by atoms with Crippen LogP contribution in [0.5, 0.6) is 0 Å². The van der Waals surface area contributed by atoms with E-state index in [4.69, 9.17) is 10.0 Å². The summed E-state index contributed by atoms with van der Waals surface area (Å²) in [5.74, 6) is 0. The molecule has 0 bridgehead atoms. The molecule has 118 valence electrons. The zero-order valence-electron chi connectivity index (χ0n) is 13.2. The molecule has 3 N–H and O–H groups in total. The molecule has 5 nitrogen and oxygen atoms in total. The Morgan fingerprint density at radius 3 is 2.58 bits per heavy atom. The zero-order valence-corrected chi connectivity index (χ0v) is 13.2. The van der Waals surface area contributed by atoms with Gasteiger partial charge in [-0.2, -0.15) is 5.26 Å². The first kappa shape index (κ1) is 16.0. The van der Waals surface area contributed by atoms with Gasteiger partial charge in [0.1, 0.15) is 6.07 Å². The Hall–Kier alpha value is -2.88. The summed E-state index contributed by atoms with van der Waals surface area (Å²) in [6.45, 7) is 2.52. The molecule has 0 spiro atoms. The molecular weight excluding hydrogens is 301 g/mol. The van der Waals surface area contributed by atoms with Crippen molar-refractivity contribution >= 4 is 29.2 Å². The number of nitrogens with zero attached hydrogens (tertiary/aromatic N) is 2. The fourth-order valence-corrected chi connectivity index (χ4v) is 2.58. The molecule has 0 saturated heterocycles. The van der Waals surface area contributed by atoms with Crippen LogP contribution in [0.3, 0.4) is 0 Å². The van der Waals surface area contributed by atoms with Gasteiger partial charge in [0.2, 0.25) is 0 Å². The predicted octanol–water partition coefficient (Wildman–Crippen LogP) is 1.71. The van der Waals surface area contributed by atoms with Crippen molar-refractivity contribution in [2.45, 2.75) is 13.5 Å². The summed E-state index contributed by atoms with van der Waals surface area (Å²) < 4.78 is 0. The minimum atomic E-state index is -1.47. The van der Waals surface area contributed by atoms with E-state index < -0.39 is 7.12 Å². The van der Waals surface area contributed by atoms with Crippen LogP contribution in [0.25, 0.3) is 10.9 Å². The first-order chi connectivity index (χ1) is 11.6. The van der Waals surface area contributed by atoms with E-state index in [2.05, 4.69) is 16.4 Å². The minimum Gasteiger partial charge on any atom is -0.423 e. The molecule has 0 saturated carbocycles. The van der Waals surface area contributed by atoms with Crippen LogP contribution < -0.4 is 10.8 Å². The van der Waals surface area contributed by atoms with Gasteiger partial charge < -0.3 is 15.4 Å². The van der Waals surface area contributed by atoms with Crippen molar-refractivity contribution < 1.29 is 10.0 Å². The normalized spacial score (nSPS) is 10.4. The van der Waals surface area contributed by atoms with Crippen LogP contribution in [-0.4, -0.2) is 22.2 Å². The Balaban J connectivity index is 1.90. The Morgan fingerprint density at radius 2 is 1.92 bits per heavy atom. The second kappa shape index (κ2) is 6.71. The molecule has 0 aliphatic heterocycles. The number of hydrogen-bond donors (Lipinski definition) is 3. The maximum absolute atomic E-state index is 9.34. The molecule has 6 heteroatoms. The second-order valence-electron chi connectivity index (χ2n) is 5.65. The van der Waals surface area contributed by atoms with Gasteiger partial charge in [0.25, 0.3) is 0 Å². The quantitative estimate of drug-likeness (QED) is 0.638. The minimum absolute atomic E-state index is 0.446. The van der Waals surface area contributed by atoms with E-state index in [0.29, 0.717) is 17.6 Å². The zero-order chi connectivity index (χ0) is 17.1. The van der Waals surface area contributed by atoms with E-state index in [-0.39, 0.29) is 0 Å². The Kier molecular flexibility index (Phi) is 4.47. The molecule has 3 rings (SSSR count). The van der Waals surface area contributed by atoms with E-state index in [1.54, 1.807) is 18.3 Å². The third-order valence-electron chi connectivity index (χ3n) is 3.89. The van der Waals surface area contributed by atoms with Crippen LogP contribution in [0, 0.1) is 18.3 Å². The third kappa shape index (κ3) is 3.23. The van der Waals surface area contributed by atoms with E-state index in [1.807, 2.05) is 37.3 Å². The lowest BCUT2D eigenvalue weighted by Crippen LogP contribution is -2.29. The van der Waals surface area contributed by atoms with Gasteiger partial charge in [-0.1, -0.05) is 36.4 Å². The highest BCUT2D eigenvalue weighted by Gasteiger charge is 2.11. The van der Waals surface area contributed by atoms with Crippen LogP contribution in [-0.2, 0) is 6.54 Å². The summed E-state index contributed by atoms with van der Waals surface area (Å²) in [5, 5.41) is 31.8. The number of fused-ring (bicyclic) bond motifs is 1. The van der Waals surface area contributed by atoms with Gasteiger partial charge in [-0.15, -0.1) is 0 Å². The third-order valence-corrected chi connectivity index (χ3v) is 3.89. The standard InChI is InChI=1S/C18H16BN3O2/c1-12-2-7-16-17(8-12)21-11-14(9-20)18(16)22-10-13-3-5-15(6-4-13)19(23)24/h2-8,11,23-24H,10H2,1H3,(H,21,22). The second-order valence-corrected chi connectivity index (χ2v) is 5.65. The number of pyridine rings is 1. The van der Waals surface area contributed by atoms with Crippen LogP contribution in [0.4, 0.5) is 5.69 Å². The topological polar surface area (TPSA) is 89.2 Å². The first-order valence-electron chi connectivity index (χ1n) is 7.57. The highest BCUT2D eigenvalue weighted by Crippen LogP contribution is 2.26. The van der Waals surface area contributed by atoms with Crippen LogP contribution in [0.1, 0.15) is 16.7 Å². The molecule has 0 radical (unpaired) electrons. The summed E-state index contributed by atoms with van der Waals surface area (Å²) >= 11 is 0. The number of nitrogens with one attached hydrogen (secondary N) is 1. The molecule has 1 heterocycles. The van der Waals surface area contributed by atoms with Crippen molar-refractivity contribution in [2.75, 3.05) is 5.32 Å². The lowest BCUT2D eigenvalue weighted by Gasteiger charge is -2.12. The maximum atomic E-state index is 9.34. The van der Waals surface area contributed by atoms with Crippen molar-refractivity contribution in [2.24, 2.45) is 0 Å². The molecule has 0 aliphatic carbocycles. The Labute approximate surface area is 140 Å². The van der Waals surface area contributed by atoms with Crippen molar-refractivity contribution in [3.05, 3.63) is 65.4 Å². The highest BCUT2D eigenvalue weighted by molar-refractivity contribution is 6.58. The highest BCUT2D eigenvalue weighted by atomic mass is 16.4. The molecule has 24 heavy (non-hydrogen) atoms. The summed E-state index contributed by atoms with van der Waals surface area (Å²) in [5.41, 5.74) is 4.63. The lowest BCUT2D eigenvalue weighted by atomic mass is 9.80. The molecule has 0 fully saturated rings. The summed E-state index contributed by atoms with van der Waals surface area (Å²) in [6, 6.07) is 15.1. The van der Waals surface area contributed by atoms with Crippen molar-refractivity contribution in [1.29, 1.82) is 5.26 Å². The SMILES string of the molecule is Cc1ccc2c(NCc3ccc(B(O)O)cc3)c(C#N)cnc2c1. The summed E-state index contributed by atoms with van der Waals surface area (Å²) in [4.78, 5) is 4.34. The van der Waals surface area contributed by atoms with Gasteiger partial charge in [-0.25, -0.2) is 0 Å². The Morgan fingerprint density at radius 1 is 1.17 bits per heavy atom. The van der Waals surface area contributed by atoms with E-state index in [9.17, 15) is 5.26 Å². The van der Waals surface area contributed by atoms with Crippen LogP contribution in [0.15, 0.2) is 48.7 Å². The van der Waals surface area contributed by atoms with Crippen molar-refractivity contribution in [3.8, 4) is 6.07 Å². The van der Waals surface area contributed by atoms with Crippen molar-refractivity contribution in [1.82, 2.24) is 4.98 Å². The fraction of sp³-hybridized carbons (Fsp3) is 0.111. The molecule has 0 atom stereocenters. The number of anilines is 1. The lowest BCUT2D eigenvalue weighted by molar-refractivity contribution is 0.426. The summed E-state index contributed by atoms with van der Waals surface area (Å²) in [7, 11) is -1.47. The molecule has 0 unspecified atom stereocenters. The number of hydrogen-bond acceptors (Lipinski definition) is 5. The molecule has 0 amide bonds. The molecule has 1 aromatic heterocycles. The number of rotatable bonds is 4. The average molecular weight is 317 g/mol. The molecule has 0 aliphatic rings. The number of benzene rings is 2. The van der Waals surface area contributed by atoms with E-state index in [1.165, 1.54) is 0 Å². The van der Waals surface area contributed by atoms with Gasteiger partial charge in [0.15, 0.2) is 0 Å². The first-order valence-corrected chi connectivity index (χ1v) is 7.57. The number of aryl methyl sites for hydroxylation is 1. The van der Waals surface area contributed by atoms with Crippen LogP contribution in [0.2, 0.25) is 0 Å². The number of aromatic nitrogens is 1. The van der Waals surface area contributed by atoms with E-state index in [0.717, 1.165) is 27.7 Å². The fourth-order valence-electron chi connectivity index (χ4n) is 2.58. The van der Waals surface area contributed by atoms with Gasteiger partial charge in [-0.3, -0.25) is 4.98 Å². The predicted molar refractivity (Wildman–Crippen MR) is 94.8 cm³/mol. The number of nitriles is 1. The van der Waals surface area contributed by atoms with Gasteiger partial charge >= 0.3 is 7.12 Å². The smallest absolute Gasteiger partial charge is 0.423 e. The average Bonchev–Trinajstić information content (AvgIpc) is 2.59. The van der Waals surface area contributed by atoms with Gasteiger partial charge in [0.05, 0.1) is 16.8 Å². The molecule has 2 aromatic carbocycles. The van der Waals surface area contributed by atoms with E-state index >= 15 is 0 Å². The van der Waals surface area contributed by atoms with Gasteiger partial charge in [-0.05, 0) is 29.6 Å². The molecule has 3 aromatic rings. The molecular formula is C18H16BN3O2. The van der Waals surface area contributed by atoms with Crippen LogP contribution >= 0.6 is 0 Å². The maximum Gasteiger partial charge on any atom is 0.488 e. The van der Waals surface area contributed by atoms with Gasteiger partial charge in [0, 0.05) is 18.1 Å².